The molecule has 0 saturated heterocycles. The minimum atomic E-state index is 0.165. The first-order valence-electron chi connectivity index (χ1n) is 8.71. The van der Waals surface area contributed by atoms with Gasteiger partial charge in [0.05, 0.1) is 17.5 Å². The van der Waals surface area contributed by atoms with Gasteiger partial charge in [0.25, 0.3) is 0 Å². The van der Waals surface area contributed by atoms with Crippen molar-refractivity contribution in [2.24, 2.45) is 0 Å². The third-order valence-electron chi connectivity index (χ3n) is 4.96. The van der Waals surface area contributed by atoms with E-state index in [2.05, 4.69) is 28.2 Å². The summed E-state index contributed by atoms with van der Waals surface area (Å²) in [6, 6.07) is 14.3. The number of nitrogens with zero attached hydrogens (tertiary/aromatic N) is 3. The van der Waals surface area contributed by atoms with Gasteiger partial charge in [-0.3, -0.25) is 9.20 Å². The van der Waals surface area contributed by atoms with Crippen LogP contribution >= 0.6 is 11.8 Å². The van der Waals surface area contributed by atoms with Gasteiger partial charge in [0.2, 0.25) is 5.91 Å². The zero-order valence-electron chi connectivity index (χ0n) is 14.2. The van der Waals surface area contributed by atoms with Crippen molar-refractivity contribution >= 4 is 34.1 Å². The van der Waals surface area contributed by atoms with Gasteiger partial charge in [-0.15, -0.1) is 0 Å². The number of carbonyl (C=O) groups is 1. The number of imidazole rings is 1. The summed E-state index contributed by atoms with van der Waals surface area (Å²) < 4.78 is 2.02. The Morgan fingerprint density at radius 2 is 2.08 bits per heavy atom. The Labute approximate surface area is 155 Å². The molecule has 130 valence electrons. The van der Waals surface area contributed by atoms with Crippen LogP contribution in [0, 0.1) is 0 Å². The van der Waals surface area contributed by atoms with Crippen molar-refractivity contribution in [1.82, 2.24) is 19.3 Å². The van der Waals surface area contributed by atoms with Crippen LogP contribution < -0.4 is 0 Å². The Bertz CT molecular complexity index is 1110. The molecule has 1 aliphatic rings. The smallest absolute Gasteiger partial charge is 0.233 e. The standard InChI is InChI=1S/C20H18N4OS/c25-19(13-26-20-21-11-14-5-3-4-9-24(14)20)23-10-8-18-16(12-23)15-6-1-2-7-17(15)22-18/h1-7,9,11,22H,8,10,12-13H2. The number of rotatable bonds is 3. The molecule has 1 N–H and O–H groups in total. The van der Waals surface area contributed by atoms with Gasteiger partial charge in [0.1, 0.15) is 0 Å². The molecule has 0 atom stereocenters. The molecule has 26 heavy (non-hydrogen) atoms. The summed E-state index contributed by atoms with van der Waals surface area (Å²) in [6.07, 6.45) is 4.70. The van der Waals surface area contributed by atoms with Crippen LogP contribution in [0.15, 0.2) is 60.0 Å². The van der Waals surface area contributed by atoms with E-state index in [1.807, 2.05) is 46.0 Å². The van der Waals surface area contributed by atoms with E-state index in [1.54, 1.807) is 0 Å². The second-order valence-corrected chi connectivity index (χ2v) is 7.46. The third kappa shape index (κ3) is 2.57. The average molecular weight is 362 g/mol. The van der Waals surface area contributed by atoms with E-state index in [0.29, 0.717) is 12.3 Å². The summed E-state index contributed by atoms with van der Waals surface area (Å²) in [5.41, 5.74) is 4.73. The number of aromatic amines is 1. The summed E-state index contributed by atoms with van der Waals surface area (Å²) in [5.74, 6) is 0.574. The monoisotopic (exact) mass is 362 g/mol. The van der Waals surface area contributed by atoms with Gasteiger partial charge in [-0.25, -0.2) is 4.98 Å². The van der Waals surface area contributed by atoms with Crippen LogP contribution in [0.2, 0.25) is 0 Å². The Morgan fingerprint density at radius 1 is 1.19 bits per heavy atom. The lowest BCUT2D eigenvalue weighted by atomic mass is 10.0. The number of H-pyrrole nitrogens is 1. The summed E-state index contributed by atoms with van der Waals surface area (Å²) in [7, 11) is 0. The summed E-state index contributed by atoms with van der Waals surface area (Å²) in [4.78, 5) is 22.6. The number of thioether (sulfide) groups is 1. The summed E-state index contributed by atoms with van der Waals surface area (Å²) in [6.45, 7) is 1.45. The number of fused-ring (bicyclic) bond motifs is 4. The molecule has 0 spiro atoms. The van der Waals surface area contributed by atoms with Crippen molar-refractivity contribution < 1.29 is 4.79 Å². The van der Waals surface area contributed by atoms with Crippen LogP contribution in [0.5, 0.6) is 0 Å². The Balaban J connectivity index is 1.32. The highest BCUT2D eigenvalue weighted by molar-refractivity contribution is 7.99. The number of hydrogen-bond acceptors (Lipinski definition) is 3. The highest BCUT2D eigenvalue weighted by Crippen LogP contribution is 2.28. The van der Waals surface area contributed by atoms with E-state index < -0.39 is 0 Å². The molecule has 4 heterocycles. The number of aromatic nitrogens is 3. The Hall–Kier alpha value is -2.73. The molecule has 1 aromatic carbocycles. The van der Waals surface area contributed by atoms with Gasteiger partial charge in [-0.05, 0) is 18.2 Å². The lowest BCUT2D eigenvalue weighted by Crippen LogP contribution is -2.36. The number of amides is 1. The van der Waals surface area contributed by atoms with Crippen LogP contribution in [-0.2, 0) is 17.8 Å². The Kier molecular flexibility index (Phi) is 3.71. The second-order valence-electron chi connectivity index (χ2n) is 6.52. The lowest BCUT2D eigenvalue weighted by molar-refractivity contribution is -0.129. The van der Waals surface area contributed by atoms with Gasteiger partial charge in [0.15, 0.2) is 5.16 Å². The van der Waals surface area contributed by atoms with E-state index in [4.69, 9.17) is 0 Å². The van der Waals surface area contributed by atoms with Gasteiger partial charge in [-0.1, -0.05) is 36.0 Å². The molecule has 4 aromatic rings. The molecule has 1 amide bonds. The quantitative estimate of drug-likeness (QED) is 0.568. The van der Waals surface area contributed by atoms with E-state index in [1.165, 1.54) is 28.4 Å². The summed E-state index contributed by atoms with van der Waals surface area (Å²) in [5, 5.41) is 2.09. The minimum Gasteiger partial charge on any atom is -0.358 e. The van der Waals surface area contributed by atoms with Crippen molar-refractivity contribution in [3.05, 3.63) is 66.1 Å². The zero-order valence-corrected chi connectivity index (χ0v) is 15.0. The largest absolute Gasteiger partial charge is 0.358 e. The molecule has 5 rings (SSSR count). The van der Waals surface area contributed by atoms with Crippen LogP contribution in [0.1, 0.15) is 11.3 Å². The molecule has 0 unspecified atom stereocenters. The van der Waals surface area contributed by atoms with E-state index in [-0.39, 0.29) is 5.91 Å². The number of benzene rings is 1. The molecule has 0 saturated carbocycles. The third-order valence-corrected chi connectivity index (χ3v) is 5.92. The van der Waals surface area contributed by atoms with E-state index >= 15 is 0 Å². The van der Waals surface area contributed by atoms with E-state index in [9.17, 15) is 4.79 Å². The SMILES string of the molecule is O=C(CSc1ncc2ccccn12)N1CCc2[nH]c3ccccc3c2C1. The maximum atomic E-state index is 12.8. The van der Waals surface area contributed by atoms with Gasteiger partial charge >= 0.3 is 0 Å². The van der Waals surface area contributed by atoms with Gasteiger partial charge in [0, 0.05) is 47.9 Å². The van der Waals surface area contributed by atoms with E-state index in [0.717, 1.165) is 29.2 Å². The minimum absolute atomic E-state index is 0.165. The first-order chi connectivity index (χ1) is 12.8. The fourth-order valence-electron chi connectivity index (χ4n) is 3.62. The fourth-order valence-corrected chi connectivity index (χ4v) is 4.49. The molecule has 1 aliphatic heterocycles. The maximum absolute atomic E-state index is 12.8. The predicted molar refractivity (Wildman–Crippen MR) is 103 cm³/mol. The molecule has 0 bridgehead atoms. The topological polar surface area (TPSA) is 53.4 Å². The Morgan fingerprint density at radius 3 is 3.04 bits per heavy atom. The van der Waals surface area contributed by atoms with Gasteiger partial charge < -0.3 is 9.88 Å². The van der Waals surface area contributed by atoms with Crippen molar-refractivity contribution in [1.29, 1.82) is 0 Å². The highest BCUT2D eigenvalue weighted by Gasteiger charge is 2.24. The predicted octanol–water partition coefficient (Wildman–Crippen LogP) is 3.49. The maximum Gasteiger partial charge on any atom is 0.233 e. The van der Waals surface area contributed by atoms with Crippen molar-refractivity contribution in [3.8, 4) is 0 Å². The fraction of sp³-hybridized carbons (Fsp3) is 0.200. The number of pyridine rings is 1. The average Bonchev–Trinajstić information content (AvgIpc) is 3.27. The highest BCUT2D eigenvalue weighted by atomic mass is 32.2. The number of para-hydroxylation sites is 1. The molecule has 5 nitrogen and oxygen atoms in total. The number of carbonyl (C=O) groups excluding carboxylic acids is 1. The molecule has 0 fully saturated rings. The zero-order chi connectivity index (χ0) is 17.5. The number of hydrogen-bond donors (Lipinski definition) is 1. The van der Waals surface area contributed by atoms with Crippen LogP contribution in [0.25, 0.3) is 16.4 Å². The van der Waals surface area contributed by atoms with Gasteiger partial charge in [-0.2, -0.15) is 0 Å². The van der Waals surface area contributed by atoms with Crippen LogP contribution in [0.4, 0.5) is 0 Å². The van der Waals surface area contributed by atoms with Crippen LogP contribution in [0.3, 0.4) is 0 Å². The molecule has 6 heteroatoms. The molecular formula is C20H18N4OS. The van der Waals surface area contributed by atoms with Crippen molar-refractivity contribution in [3.63, 3.8) is 0 Å². The van der Waals surface area contributed by atoms with Crippen molar-refractivity contribution in [2.75, 3.05) is 12.3 Å². The van der Waals surface area contributed by atoms with Crippen LogP contribution in [-0.4, -0.2) is 37.5 Å². The molecule has 0 radical (unpaired) electrons. The summed E-state index contributed by atoms with van der Waals surface area (Å²) >= 11 is 1.50. The normalized spacial score (nSPS) is 14.1. The second kappa shape index (κ2) is 6.21. The van der Waals surface area contributed by atoms with Crippen molar-refractivity contribution in [2.45, 2.75) is 18.1 Å². The number of nitrogens with one attached hydrogen (secondary N) is 1. The first-order valence-corrected chi connectivity index (χ1v) is 9.69. The lowest BCUT2D eigenvalue weighted by Gasteiger charge is -2.27. The molecule has 3 aromatic heterocycles. The molecule has 0 aliphatic carbocycles. The molecular weight excluding hydrogens is 344 g/mol. The first kappa shape index (κ1) is 15.5.